The zero-order valence-electron chi connectivity index (χ0n) is 15.6. The maximum atomic E-state index is 12.4. The number of nitrogens with one attached hydrogen (secondary N) is 1. The molecule has 3 aromatic rings. The number of nitro groups is 1. The molecule has 1 N–H and O–H groups in total. The lowest BCUT2D eigenvalue weighted by molar-refractivity contribution is -0.384. The lowest BCUT2D eigenvalue weighted by Crippen LogP contribution is -2.16. The molecule has 0 aliphatic carbocycles. The van der Waals surface area contributed by atoms with E-state index in [2.05, 4.69) is 15.5 Å². The molecule has 1 aromatic carbocycles. The van der Waals surface area contributed by atoms with E-state index in [0.29, 0.717) is 23.1 Å². The normalized spacial score (nSPS) is 10.8. The van der Waals surface area contributed by atoms with Gasteiger partial charge in [0.1, 0.15) is 11.4 Å². The highest BCUT2D eigenvalue weighted by molar-refractivity contribution is 7.99. The second kappa shape index (κ2) is 8.26. The van der Waals surface area contributed by atoms with Gasteiger partial charge in [0.05, 0.1) is 22.5 Å². The molecule has 0 bridgehead atoms. The second-order valence-electron chi connectivity index (χ2n) is 6.00. The van der Waals surface area contributed by atoms with Gasteiger partial charge in [-0.1, -0.05) is 23.9 Å². The molecule has 1 amide bonds. The average molecular weight is 401 g/mol. The van der Waals surface area contributed by atoms with Crippen LogP contribution in [0.5, 0.6) is 0 Å². The molecular formula is C18H19N5O4S. The van der Waals surface area contributed by atoms with Crippen LogP contribution in [-0.2, 0) is 11.3 Å². The van der Waals surface area contributed by atoms with Gasteiger partial charge in [-0.2, -0.15) is 0 Å². The fourth-order valence-corrected chi connectivity index (χ4v) is 3.57. The van der Waals surface area contributed by atoms with Gasteiger partial charge in [-0.15, -0.1) is 10.2 Å². The largest absolute Gasteiger partial charge is 0.469 e. The number of aryl methyl sites for hydroxylation is 2. The lowest BCUT2D eigenvalue weighted by atomic mass is 10.1. The Morgan fingerprint density at radius 2 is 2.11 bits per heavy atom. The summed E-state index contributed by atoms with van der Waals surface area (Å²) in [5.74, 6) is 1.11. The number of nitro benzene ring substituents is 1. The van der Waals surface area contributed by atoms with Crippen molar-refractivity contribution in [3.8, 4) is 11.4 Å². The van der Waals surface area contributed by atoms with Crippen molar-refractivity contribution in [3.05, 3.63) is 52.0 Å². The van der Waals surface area contributed by atoms with E-state index in [-0.39, 0.29) is 23.0 Å². The summed E-state index contributed by atoms with van der Waals surface area (Å²) in [6, 6.07) is 6.48. The quantitative estimate of drug-likeness (QED) is 0.363. The molecule has 0 radical (unpaired) electrons. The van der Waals surface area contributed by atoms with Gasteiger partial charge in [0.25, 0.3) is 5.69 Å². The van der Waals surface area contributed by atoms with Crippen LogP contribution in [0.1, 0.15) is 18.2 Å². The maximum absolute atomic E-state index is 12.4. The molecule has 0 aliphatic heterocycles. The Bertz CT molecular complexity index is 1030. The zero-order chi connectivity index (χ0) is 20.3. The molecule has 0 saturated carbocycles. The molecule has 2 aromatic heterocycles. The molecule has 3 rings (SSSR count). The first-order valence-electron chi connectivity index (χ1n) is 8.56. The van der Waals surface area contributed by atoms with Crippen molar-refractivity contribution in [1.82, 2.24) is 14.8 Å². The van der Waals surface area contributed by atoms with Gasteiger partial charge in [-0.25, -0.2) is 0 Å². The minimum absolute atomic E-state index is 0.0496. The van der Waals surface area contributed by atoms with Gasteiger partial charge in [0, 0.05) is 12.6 Å². The molecule has 10 heteroatoms. The van der Waals surface area contributed by atoms with Crippen LogP contribution in [0.25, 0.3) is 11.4 Å². The average Bonchev–Trinajstić information content (AvgIpc) is 3.26. The molecule has 28 heavy (non-hydrogen) atoms. The Morgan fingerprint density at radius 1 is 1.32 bits per heavy atom. The number of furan rings is 1. The van der Waals surface area contributed by atoms with Crippen LogP contribution in [0.3, 0.4) is 0 Å². The fraction of sp³-hybridized carbons (Fsp3) is 0.278. The summed E-state index contributed by atoms with van der Waals surface area (Å²) in [4.78, 5) is 23.0. The first kappa shape index (κ1) is 19.6. The number of thioether (sulfide) groups is 1. The van der Waals surface area contributed by atoms with Crippen LogP contribution in [0.15, 0.2) is 40.1 Å². The van der Waals surface area contributed by atoms with Crippen LogP contribution >= 0.6 is 11.8 Å². The second-order valence-corrected chi connectivity index (χ2v) is 6.95. The van der Waals surface area contributed by atoms with E-state index in [1.807, 2.05) is 24.5 Å². The van der Waals surface area contributed by atoms with Crippen molar-refractivity contribution in [2.75, 3.05) is 11.1 Å². The Hall–Kier alpha value is -3.14. The van der Waals surface area contributed by atoms with E-state index in [1.165, 1.54) is 17.8 Å². The Balaban J connectivity index is 1.74. The van der Waals surface area contributed by atoms with Crippen molar-refractivity contribution in [2.45, 2.75) is 32.5 Å². The molecule has 0 aliphatic rings. The number of nitrogens with zero attached hydrogens (tertiary/aromatic N) is 4. The topological polar surface area (TPSA) is 116 Å². The molecule has 2 heterocycles. The number of aromatic nitrogens is 3. The molecular weight excluding hydrogens is 382 g/mol. The summed E-state index contributed by atoms with van der Waals surface area (Å²) in [6.45, 7) is 6.14. The smallest absolute Gasteiger partial charge is 0.293 e. The molecule has 9 nitrogen and oxygen atoms in total. The number of hydrogen-bond acceptors (Lipinski definition) is 7. The molecule has 0 atom stereocenters. The first-order chi connectivity index (χ1) is 13.4. The monoisotopic (exact) mass is 401 g/mol. The minimum Gasteiger partial charge on any atom is -0.469 e. The third kappa shape index (κ3) is 3.91. The summed E-state index contributed by atoms with van der Waals surface area (Å²) in [7, 11) is 0. The van der Waals surface area contributed by atoms with Gasteiger partial charge in [0.2, 0.25) is 5.91 Å². The predicted molar refractivity (Wildman–Crippen MR) is 105 cm³/mol. The highest BCUT2D eigenvalue weighted by Gasteiger charge is 2.20. The molecule has 0 spiro atoms. The Kier molecular flexibility index (Phi) is 5.78. The van der Waals surface area contributed by atoms with E-state index < -0.39 is 4.92 Å². The van der Waals surface area contributed by atoms with Gasteiger partial charge < -0.3 is 14.3 Å². The predicted octanol–water partition coefficient (Wildman–Crippen LogP) is 3.81. The fourth-order valence-electron chi connectivity index (χ4n) is 2.77. The number of benzene rings is 1. The SMILES string of the molecule is CCn1c(SCC(=O)Nc2c(C)cccc2[N+](=O)[O-])nnc1-c1ccoc1C. The summed E-state index contributed by atoms with van der Waals surface area (Å²) >= 11 is 1.22. The lowest BCUT2D eigenvalue weighted by Gasteiger charge is -2.09. The first-order valence-corrected chi connectivity index (χ1v) is 9.55. The molecule has 0 fully saturated rings. The highest BCUT2D eigenvalue weighted by Crippen LogP contribution is 2.29. The number of rotatable bonds is 7. The van der Waals surface area contributed by atoms with Gasteiger partial charge >= 0.3 is 0 Å². The van der Waals surface area contributed by atoms with E-state index in [1.54, 1.807) is 25.3 Å². The Morgan fingerprint density at radius 3 is 2.75 bits per heavy atom. The number of carbonyl (C=O) groups is 1. The van der Waals surface area contributed by atoms with Gasteiger partial charge in [0.15, 0.2) is 11.0 Å². The third-order valence-corrected chi connectivity index (χ3v) is 5.14. The standard InChI is InChI=1S/C18H19N5O4S/c1-4-22-17(13-8-9-27-12(13)3)20-21-18(22)28-10-15(24)19-16-11(2)6-5-7-14(16)23(25)26/h5-9H,4,10H2,1-3H3,(H,19,24). The van der Waals surface area contributed by atoms with Crippen LogP contribution in [0, 0.1) is 24.0 Å². The summed E-state index contributed by atoms with van der Waals surface area (Å²) in [5.41, 5.74) is 1.56. The summed E-state index contributed by atoms with van der Waals surface area (Å²) in [5, 5.41) is 22.8. The van der Waals surface area contributed by atoms with Crippen LogP contribution in [0.4, 0.5) is 11.4 Å². The van der Waals surface area contributed by atoms with Crippen molar-refractivity contribution in [3.63, 3.8) is 0 Å². The van der Waals surface area contributed by atoms with Gasteiger partial charge in [-0.3, -0.25) is 14.9 Å². The van der Waals surface area contributed by atoms with E-state index >= 15 is 0 Å². The van der Waals surface area contributed by atoms with Crippen molar-refractivity contribution in [1.29, 1.82) is 0 Å². The van der Waals surface area contributed by atoms with E-state index in [4.69, 9.17) is 4.42 Å². The zero-order valence-corrected chi connectivity index (χ0v) is 16.4. The minimum atomic E-state index is -0.511. The van der Waals surface area contributed by atoms with E-state index in [9.17, 15) is 14.9 Å². The van der Waals surface area contributed by atoms with Crippen LogP contribution < -0.4 is 5.32 Å². The third-order valence-electron chi connectivity index (χ3n) is 4.18. The van der Waals surface area contributed by atoms with Crippen molar-refractivity contribution >= 4 is 29.0 Å². The van der Waals surface area contributed by atoms with Crippen molar-refractivity contribution < 1.29 is 14.1 Å². The highest BCUT2D eigenvalue weighted by atomic mass is 32.2. The van der Waals surface area contributed by atoms with E-state index in [0.717, 1.165) is 11.3 Å². The Labute approximate surface area is 165 Å². The van der Waals surface area contributed by atoms with Crippen LogP contribution in [0.2, 0.25) is 0 Å². The van der Waals surface area contributed by atoms with Gasteiger partial charge in [-0.05, 0) is 32.4 Å². The van der Waals surface area contributed by atoms with Crippen molar-refractivity contribution in [2.24, 2.45) is 0 Å². The summed E-state index contributed by atoms with van der Waals surface area (Å²) in [6.07, 6.45) is 1.59. The van der Waals surface area contributed by atoms with Crippen LogP contribution in [-0.4, -0.2) is 31.3 Å². The maximum Gasteiger partial charge on any atom is 0.293 e. The number of hydrogen-bond donors (Lipinski definition) is 1. The molecule has 0 unspecified atom stereocenters. The number of para-hydroxylation sites is 1. The summed E-state index contributed by atoms with van der Waals surface area (Å²) < 4.78 is 7.22. The number of amides is 1. The number of carbonyl (C=O) groups excluding carboxylic acids is 1. The number of anilines is 1. The molecule has 146 valence electrons. The molecule has 0 saturated heterocycles.